The lowest BCUT2D eigenvalue weighted by molar-refractivity contribution is 0.0549. The summed E-state index contributed by atoms with van der Waals surface area (Å²) in [6, 6.07) is 16.0. The molecule has 0 aliphatic heterocycles. The summed E-state index contributed by atoms with van der Waals surface area (Å²) in [5.74, 6) is 6.51. The molecule has 2 aromatic rings. The summed E-state index contributed by atoms with van der Waals surface area (Å²) >= 11 is 0. The summed E-state index contributed by atoms with van der Waals surface area (Å²) in [6.45, 7) is 0. The van der Waals surface area contributed by atoms with Gasteiger partial charge in [-0.05, 0) is 36.3 Å². The van der Waals surface area contributed by atoms with E-state index in [2.05, 4.69) is 22.6 Å². The number of rotatable bonds is 3. The summed E-state index contributed by atoms with van der Waals surface area (Å²) in [4.78, 5) is 11.5. The van der Waals surface area contributed by atoms with Gasteiger partial charge in [0.05, 0.1) is 25.9 Å². The Bertz CT molecular complexity index is 810. The first-order chi connectivity index (χ1) is 11.7. The number of carbonyl (C=O) groups is 1. The zero-order chi connectivity index (χ0) is 17.4. The molecule has 0 spiro atoms. The van der Waals surface area contributed by atoms with Crippen LogP contribution in [0.4, 0.5) is 4.79 Å². The summed E-state index contributed by atoms with van der Waals surface area (Å²) in [5, 5.41) is 9.22. The Balaban J connectivity index is 2.35. The van der Waals surface area contributed by atoms with Crippen LogP contribution >= 0.6 is 0 Å². The fraction of sp³-hybridized carbons (Fsp3) is 0.158. The minimum atomic E-state index is -0.907. The van der Waals surface area contributed by atoms with Gasteiger partial charge in [0.15, 0.2) is 6.10 Å². The van der Waals surface area contributed by atoms with Gasteiger partial charge in [-0.1, -0.05) is 24.1 Å². The highest BCUT2D eigenvalue weighted by Crippen LogP contribution is 2.21. The molecule has 120 valence electrons. The highest BCUT2D eigenvalue weighted by atomic mass is 16.7. The van der Waals surface area contributed by atoms with E-state index in [1.54, 1.807) is 55.6 Å². The van der Waals surface area contributed by atoms with E-state index in [1.165, 1.54) is 7.11 Å². The second-order valence-corrected chi connectivity index (χ2v) is 4.65. The maximum absolute atomic E-state index is 11.5. The molecule has 5 heteroatoms. The minimum absolute atomic E-state index is 0.385. The first-order valence-electron chi connectivity index (χ1n) is 7.07. The molecule has 2 rings (SSSR count). The molecule has 0 heterocycles. The number of nitrogens with zero attached hydrogens (tertiary/aromatic N) is 1. The normalized spacial score (nSPS) is 10.5. The quantitative estimate of drug-likeness (QED) is 0.640. The fourth-order valence-corrected chi connectivity index (χ4v) is 1.97. The summed E-state index contributed by atoms with van der Waals surface area (Å²) in [6.07, 6.45) is -1.77. The van der Waals surface area contributed by atoms with Gasteiger partial charge < -0.3 is 14.2 Å². The van der Waals surface area contributed by atoms with E-state index in [1.807, 2.05) is 0 Å². The SMILES string of the molecule is COC(=O)OC(C#Cc1ccc(OC)cc1)c1ccccc1C#N. The number of methoxy groups -OCH3 is 2. The predicted molar refractivity (Wildman–Crippen MR) is 87.3 cm³/mol. The van der Waals surface area contributed by atoms with Crippen LogP contribution in [0.25, 0.3) is 0 Å². The van der Waals surface area contributed by atoms with Gasteiger partial charge in [-0.25, -0.2) is 4.79 Å². The lowest BCUT2D eigenvalue weighted by Crippen LogP contribution is -2.11. The van der Waals surface area contributed by atoms with Crippen molar-refractivity contribution in [3.63, 3.8) is 0 Å². The van der Waals surface area contributed by atoms with Gasteiger partial charge in [0.2, 0.25) is 0 Å². The third-order valence-electron chi connectivity index (χ3n) is 3.18. The molecule has 5 nitrogen and oxygen atoms in total. The zero-order valence-corrected chi connectivity index (χ0v) is 13.3. The molecule has 2 aromatic carbocycles. The van der Waals surface area contributed by atoms with Gasteiger partial charge >= 0.3 is 6.16 Å². The molecule has 0 saturated heterocycles. The van der Waals surface area contributed by atoms with Crippen molar-refractivity contribution < 1.29 is 19.0 Å². The lowest BCUT2D eigenvalue weighted by atomic mass is 10.0. The fourth-order valence-electron chi connectivity index (χ4n) is 1.97. The smallest absolute Gasteiger partial charge is 0.497 e. The van der Waals surface area contributed by atoms with Crippen molar-refractivity contribution in [3.8, 4) is 23.7 Å². The maximum Gasteiger partial charge on any atom is 0.509 e. The molecule has 0 amide bonds. The topological polar surface area (TPSA) is 68.6 Å². The van der Waals surface area contributed by atoms with Crippen molar-refractivity contribution in [1.29, 1.82) is 5.26 Å². The third kappa shape index (κ3) is 4.28. The van der Waals surface area contributed by atoms with Crippen LogP contribution in [0, 0.1) is 23.2 Å². The molecule has 0 radical (unpaired) electrons. The number of nitriles is 1. The van der Waals surface area contributed by atoms with Crippen molar-refractivity contribution in [3.05, 3.63) is 65.2 Å². The molecule has 0 aliphatic carbocycles. The zero-order valence-electron chi connectivity index (χ0n) is 13.3. The Kier molecular flexibility index (Phi) is 5.82. The standard InChI is InChI=1S/C19H15NO4/c1-22-16-10-7-14(8-11-16)9-12-18(24-19(21)23-2)17-6-4-3-5-15(17)13-20/h3-8,10-11,18H,1-2H3. The van der Waals surface area contributed by atoms with Gasteiger partial charge in [0.25, 0.3) is 0 Å². The predicted octanol–water partition coefficient (Wildman–Crippen LogP) is 3.44. The molecule has 0 saturated carbocycles. The molecular weight excluding hydrogens is 306 g/mol. The van der Waals surface area contributed by atoms with E-state index < -0.39 is 12.3 Å². The average Bonchev–Trinajstić information content (AvgIpc) is 2.65. The van der Waals surface area contributed by atoms with Crippen molar-refractivity contribution in [1.82, 2.24) is 0 Å². The highest BCUT2D eigenvalue weighted by Gasteiger charge is 2.18. The van der Waals surface area contributed by atoms with Crippen LogP contribution in [0.5, 0.6) is 5.75 Å². The van der Waals surface area contributed by atoms with Crippen molar-refractivity contribution in [2.75, 3.05) is 14.2 Å². The Morgan fingerprint density at radius 3 is 2.42 bits per heavy atom. The van der Waals surface area contributed by atoms with Crippen LogP contribution in [0.1, 0.15) is 22.8 Å². The first-order valence-corrected chi connectivity index (χ1v) is 7.07. The molecular formula is C19H15NO4. The monoisotopic (exact) mass is 321 g/mol. The van der Waals surface area contributed by atoms with Gasteiger partial charge in [-0.2, -0.15) is 5.26 Å². The van der Waals surface area contributed by atoms with Crippen molar-refractivity contribution >= 4 is 6.16 Å². The average molecular weight is 321 g/mol. The highest BCUT2D eigenvalue weighted by molar-refractivity contribution is 5.61. The van der Waals surface area contributed by atoms with Crippen LogP contribution in [-0.2, 0) is 9.47 Å². The van der Waals surface area contributed by atoms with Crippen LogP contribution in [0.2, 0.25) is 0 Å². The Morgan fingerprint density at radius 2 is 1.79 bits per heavy atom. The summed E-state index contributed by atoms with van der Waals surface area (Å²) in [7, 11) is 2.80. The maximum atomic E-state index is 11.5. The minimum Gasteiger partial charge on any atom is -0.497 e. The largest absolute Gasteiger partial charge is 0.509 e. The summed E-state index contributed by atoms with van der Waals surface area (Å²) < 4.78 is 14.8. The lowest BCUT2D eigenvalue weighted by Gasteiger charge is -2.12. The number of ether oxygens (including phenoxy) is 3. The van der Waals surface area contributed by atoms with E-state index in [4.69, 9.17) is 9.47 Å². The van der Waals surface area contributed by atoms with Gasteiger partial charge in [0, 0.05) is 11.1 Å². The first kappa shape index (κ1) is 16.9. The van der Waals surface area contributed by atoms with E-state index in [-0.39, 0.29) is 0 Å². The second kappa shape index (κ2) is 8.26. The third-order valence-corrected chi connectivity index (χ3v) is 3.18. The summed E-state index contributed by atoms with van der Waals surface area (Å²) in [5.41, 5.74) is 1.62. The van der Waals surface area contributed by atoms with Gasteiger partial charge in [-0.15, -0.1) is 0 Å². The number of hydrogen-bond donors (Lipinski definition) is 0. The Hall–Kier alpha value is -3.44. The molecule has 24 heavy (non-hydrogen) atoms. The Morgan fingerprint density at radius 1 is 1.08 bits per heavy atom. The van der Waals surface area contributed by atoms with Crippen molar-refractivity contribution in [2.45, 2.75) is 6.10 Å². The number of benzene rings is 2. The van der Waals surface area contributed by atoms with E-state index in [0.29, 0.717) is 11.1 Å². The molecule has 0 aromatic heterocycles. The molecule has 0 fully saturated rings. The van der Waals surface area contributed by atoms with Crippen molar-refractivity contribution in [2.24, 2.45) is 0 Å². The number of carbonyl (C=O) groups excluding carboxylic acids is 1. The Labute approximate surface area is 140 Å². The molecule has 0 N–H and O–H groups in total. The van der Waals surface area contributed by atoms with Gasteiger partial charge in [0.1, 0.15) is 5.75 Å². The molecule has 0 bridgehead atoms. The molecule has 1 atom stereocenters. The van der Waals surface area contributed by atoms with Crippen LogP contribution in [-0.4, -0.2) is 20.4 Å². The molecule has 0 aliphatic rings. The van der Waals surface area contributed by atoms with Gasteiger partial charge in [-0.3, -0.25) is 0 Å². The number of hydrogen-bond acceptors (Lipinski definition) is 5. The van der Waals surface area contributed by atoms with E-state index >= 15 is 0 Å². The molecule has 1 unspecified atom stereocenters. The van der Waals surface area contributed by atoms with Crippen LogP contribution < -0.4 is 4.74 Å². The van der Waals surface area contributed by atoms with Crippen LogP contribution in [0.3, 0.4) is 0 Å². The van der Waals surface area contributed by atoms with E-state index in [0.717, 1.165) is 11.3 Å². The second-order valence-electron chi connectivity index (χ2n) is 4.65. The van der Waals surface area contributed by atoms with E-state index in [9.17, 15) is 10.1 Å². The van der Waals surface area contributed by atoms with Crippen LogP contribution in [0.15, 0.2) is 48.5 Å².